The lowest BCUT2D eigenvalue weighted by atomic mass is 10.0. The Balaban J connectivity index is 1.85. The number of para-hydroxylation sites is 1. The first kappa shape index (κ1) is 15.8. The molecule has 1 aromatic rings. The van der Waals surface area contributed by atoms with E-state index < -0.39 is 0 Å². The summed E-state index contributed by atoms with van der Waals surface area (Å²) in [5.74, 6) is 0.727. The fraction of sp³-hybridized carbons (Fsp3) is 0.588. The van der Waals surface area contributed by atoms with E-state index in [4.69, 9.17) is 0 Å². The second-order valence-electron chi connectivity index (χ2n) is 6.55. The maximum absolute atomic E-state index is 12.3. The van der Waals surface area contributed by atoms with Gasteiger partial charge in [0.2, 0.25) is 5.91 Å². The van der Waals surface area contributed by atoms with Crippen molar-refractivity contribution in [2.45, 2.75) is 38.8 Å². The largest absolute Gasteiger partial charge is 0.373 e. The van der Waals surface area contributed by atoms with Crippen LogP contribution in [0.3, 0.4) is 0 Å². The van der Waals surface area contributed by atoms with Crippen molar-refractivity contribution in [2.24, 2.45) is 5.92 Å². The summed E-state index contributed by atoms with van der Waals surface area (Å²) in [6, 6.07) is 8.38. The highest BCUT2D eigenvalue weighted by Gasteiger charge is 2.26. The average molecular weight is 289 g/mol. The SMILES string of the molecule is CC(C)CC(CNC(=O)[C@@H]1Cc2ccccc2N1)N(C)C. The molecule has 0 bridgehead atoms. The van der Waals surface area contributed by atoms with E-state index in [1.807, 2.05) is 18.2 Å². The van der Waals surface area contributed by atoms with E-state index in [1.165, 1.54) is 5.56 Å². The van der Waals surface area contributed by atoms with E-state index in [0.717, 1.165) is 18.5 Å². The molecule has 1 amide bonds. The number of hydrogen-bond donors (Lipinski definition) is 2. The smallest absolute Gasteiger partial charge is 0.242 e. The number of fused-ring (bicyclic) bond motifs is 1. The predicted molar refractivity (Wildman–Crippen MR) is 87.5 cm³/mol. The van der Waals surface area contributed by atoms with Gasteiger partial charge in [0.25, 0.3) is 0 Å². The predicted octanol–water partition coefficient (Wildman–Crippen LogP) is 2.12. The molecule has 0 aromatic heterocycles. The van der Waals surface area contributed by atoms with E-state index in [-0.39, 0.29) is 11.9 Å². The van der Waals surface area contributed by atoms with Crippen molar-refractivity contribution in [3.8, 4) is 0 Å². The molecule has 0 spiro atoms. The van der Waals surface area contributed by atoms with Crippen LogP contribution in [0, 0.1) is 5.92 Å². The van der Waals surface area contributed by atoms with E-state index >= 15 is 0 Å². The highest BCUT2D eigenvalue weighted by molar-refractivity contribution is 5.87. The average Bonchev–Trinajstić information content (AvgIpc) is 2.86. The fourth-order valence-corrected chi connectivity index (χ4v) is 2.82. The molecule has 2 rings (SSSR count). The molecular formula is C17H27N3O. The molecule has 0 aliphatic carbocycles. The van der Waals surface area contributed by atoms with Crippen LogP contribution in [0.1, 0.15) is 25.8 Å². The molecule has 21 heavy (non-hydrogen) atoms. The number of hydrogen-bond acceptors (Lipinski definition) is 3. The van der Waals surface area contributed by atoms with Gasteiger partial charge in [-0.15, -0.1) is 0 Å². The van der Waals surface area contributed by atoms with Gasteiger partial charge in [-0.1, -0.05) is 32.0 Å². The van der Waals surface area contributed by atoms with E-state index in [2.05, 4.69) is 49.5 Å². The number of carbonyl (C=O) groups is 1. The third kappa shape index (κ3) is 4.21. The molecule has 1 aliphatic rings. The van der Waals surface area contributed by atoms with Crippen LogP contribution in [-0.4, -0.2) is 43.5 Å². The van der Waals surface area contributed by atoms with Gasteiger partial charge in [-0.25, -0.2) is 0 Å². The maximum Gasteiger partial charge on any atom is 0.242 e. The Bertz CT molecular complexity index is 460. The standard InChI is InChI=1S/C17H27N3O/c1-12(2)9-14(20(3)4)11-18-17(21)16-10-13-7-5-6-8-15(13)19-16/h5-8,12,14,16,19H,9-11H2,1-4H3,(H,18,21)/t14?,16-/m0/s1. The molecule has 1 aliphatic heterocycles. The summed E-state index contributed by atoms with van der Waals surface area (Å²) in [7, 11) is 4.14. The highest BCUT2D eigenvalue weighted by Crippen LogP contribution is 2.25. The zero-order chi connectivity index (χ0) is 15.4. The Hall–Kier alpha value is -1.55. The van der Waals surface area contributed by atoms with Crippen LogP contribution >= 0.6 is 0 Å². The molecule has 1 aromatic carbocycles. The zero-order valence-corrected chi connectivity index (χ0v) is 13.5. The third-order valence-corrected chi connectivity index (χ3v) is 4.07. The number of nitrogens with zero attached hydrogens (tertiary/aromatic N) is 1. The molecule has 4 nitrogen and oxygen atoms in total. The summed E-state index contributed by atoms with van der Waals surface area (Å²) in [6.07, 6.45) is 1.87. The summed E-state index contributed by atoms with van der Waals surface area (Å²) in [5.41, 5.74) is 2.31. The Morgan fingerprint density at radius 3 is 2.71 bits per heavy atom. The molecular weight excluding hydrogens is 262 g/mol. The molecule has 2 N–H and O–H groups in total. The van der Waals surface area contributed by atoms with Crippen molar-refractivity contribution in [1.82, 2.24) is 10.2 Å². The summed E-state index contributed by atoms with van der Waals surface area (Å²) in [5, 5.41) is 6.41. The van der Waals surface area contributed by atoms with Crippen molar-refractivity contribution in [3.05, 3.63) is 29.8 Å². The van der Waals surface area contributed by atoms with Gasteiger partial charge in [0.05, 0.1) is 0 Å². The van der Waals surface area contributed by atoms with Crippen molar-refractivity contribution >= 4 is 11.6 Å². The number of carbonyl (C=O) groups excluding carboxylic acids is 1. The van der Waals surface area contributed by atoms with E-state index in [9.17, 15) is 4.79 Å². The third-order valence-electron chi connectivity index (χ3n) is 4.07. The minimum absolute atomic E-state index is 0.0989. The zero-order valence-electron chi connectivity index (χ0n) is 13.5. The van der Waals surface area contributed by atoms with E-state index in [1.54, 1.807) is 0 Å². The van der Waals surface area contributed by atoms with Gasteiger partial charge in [0, 0.05) is 24.7 Å². The molecule has 0 fully saturated rings. The molecule has 116 valence electrons. The minimum Gasteiger partial charge on any atom is -0.373 e. The monoisotopic (exact) mass is 289 g/mol. The number of likely N-dealkylation sites (N-methyl/N-ethyl adjacent to an activating group) is 1. The number of amides is 1. The molecule has 2 atom stereocenters. The summed E-state index contributed by atoms with van der Waals surface area (Å²) in [6.45, 7) is 5.14. The van der Waals surface area contributed by atoms with Crippen LogP contribution in [0.4, 0.5) is 5.69 Å². The normalized spacial score (nSPS) is 18.5. The van der Waals surface area contributed by atoms with Crippen molar-refractivity contribution in [3.63, 3.8) is 0 Å². The lowest BCUT2D eigenvalue weighted by molar-refractivity contribution is -0.121. The van der Waals surface area contributed by atoms with Crippen molar-refractivity contribution < 1.29 is 4.79 Å². The fourth-order valence-electron chi connectivity index (χ4n) is 2.82. The minimum atomic E-state index is -0.135. The van der Waals surface area contributed by atoms with E-state index in [0.29, 0.717) is 18.5 Å². The Morgan fingerprint density at radius 1 is 1.38 bits per heavy atom. The highest BCUT2D eigenvalue weighted by atomic mass is 16.2. The lowest BCUT2D eigenvalue weighted by Gasteiger charge is -2.26. The van der Waals surface area contributed by atoms with Crippen molar-refractivity contribution in [1.29, 1.82) is 0 Å². The van der Waals surface area contributed by atoms with Gasteiger partial charge in [-0.2, -0.15) is 0 Å². The Morgan fingerprint density at radius 2 is 2.10 bits per heavy atom. The number of nitrogens with one attached hydrogen (secondary N) is 2. The molecule has 0 saturated carbocycles. The van der Waals surface area contributed by atoms with Gasteiger partial charge >= 0.3 is 0 Å². The second-order valence-corrected chi connectivity index (χ2v) is 6.55. The first-order valence-corrected chi connectivity index (χ1v) is 7.76. The topological polar surface area (TPSA) is 44.4 Å². The number of rotatable bonds is 6. The quantitative estimate of drug-likeness (QED) is 0.843. The summed E-state index contributed by atoms with van der Waals surface area (Å²) < 4.78 is 0. The van der Waals surface area contributed by atoms with Gasteiger partial charge in [0.1, 0.15) is 6.04 Å². The maximum atomic E-state index is 12.3. The van der Waals surface area contributed by atoms with Crippen LogP contribution in [0.2, 0.25) is 0 Å². The first-order valence-electron chi connectivity index (χ1n) is 7.76. The molecule has 1 unspecified atom stereocenters. The van der Waals surface area contributed by atoms with Crippen LogP contribution in [0.15, 0.2) is 24.3 Å². The lowest BCUT2D eigenvalue weighted by Crippen LogP contribution is -2.45. The van der Waals surface area contributed by atoms with Crippen LogP contribution in [0.25, 0.3) is 0 Å². The second kappa shape index (κ2) is 6.94. The molecule has 1 heterocycles. The van der Waals surface area contributed by atoms with Gasteiger partial charge in [-0.3, -0.25) is 4.79 Å². The number of anilines is 1. The molecule has 0 radical (unpaired) electrons. The van der Waals surface area contributed by atoms with Gasteiger partial charge < -0.3 is 15.5 Å². The van der Waals surface area contributed by atoms with Crippen LogP contribution < -0.4 is 10.6 Å². The van der Waals surface area contributed by atoms with Gasteiger partial charge in [-0.05, 0) is 38.1 Å². The van der Waals surface area contributed by atoms with Crippen LogP contribution in [0.5, 0.6) is 0 Å². The van der Waals surface area contributed by atoms with Crippen molar-refractivity contribution in [2.75, 3.05) is 26.0 Å². The Kier molecular flexibility index (Phi) is 5.23. The number of benzene rings is 1. The Labute approximate surface area is 127 Å². The first-order chi connectivity index (χ1) is 9.97. The molecule has 4 heteroatoms. The molecule has 0 saturated heterocycles. The summed E-state index contributed by atoms with van der Waals surface area (Å²) in [4.78, 5) is 14.5. The van der Waals surface area contributed by atoms with Gasteiger partial charge in [0.15, 0.2) is 0 Å². The summed E-state index contributed by atoms with van der Waals surface area (Å²) >= 11 is 0. The van der Waals surface area contributed by atoms with Crippen LogP contribution in [-0.2, 0) is 11.2 Å².